The molecular weight excluding hydrogens is 300 g/mol. The molecule has 1 saturated heterocycles. The van der Waals surface area contributed by atoms with Gasteiger partial charge in [-0.1, -0.05) is 12.1 Å². The first-order valence-corrected chi connectivity index (χ1v) is 9.26. The summed E-state index contributed by atoms with van der Waals surface area (Å²) in [4.78, 5) is 15.7. The molecule has 1 aliphatic rings. The van der Waals surface area contributed by atoms with Gasteiger partial charge in [-0.3, -0.25) is 4.79 Å². The van der Waals surface area contributed by atoms with Gasteiger partial charge in [-0.2, -0.15) is 0 Å². The average Bonchev–Trinajstić information content (AvgIpc) is 2.96. The maximum atomic E-state index is 12.4. The molecule has 1 aromatic carbocycles. The van der Waals surface area contributed by atoms with E-state index in [0.29, 0.717) is 18.5 Å². The van der Waals surface area contributed by atoms with Gasteiger partial charge in [0.05, 0.1) is 22.6 Å². The van der Waals surface area contributed by atoms with Crippen molar-refractivity contribution >= 4 is 26.6 Å². The fourth-order valence-electron chi connectivity index (χ4n) is 3.04. The maximum Gasteiger partial charge on any atom is 0.253 e. The Balaban J connectivity index is 1.77. The van der Waals surface area contributed by atoms with Crippen molar-refractivity contribution in [1.29, 1.82) is 0 Å². The van der Waals surface area contributed by atoms with Crippen LogP contribution >= 0.6 is 0 Å². The molecule has 2 aromatic rings. The van der Waals surface area contributed by atoms with Gasteiger partial charge < -0.3 is 10.3 Å². The average molecular weight is 320 g/mol. The second-order valence-corrected chi connectivity index (χ2v) is 8.31. The number of hydrogen-bond donors (Lipinski definition) is 2. The fraction of sp³-hybridized carbons (Fsp3) is 0.438. The summed E-state index contributed by atoms with van der Waals surface area (Å²) in [5, 5.41) is 3.93. The van der Waals surface area contributed by atoms with Crippen LogP contribution in [0.3, 0.4) is 0 Å². The van der Waals surface area contributed by atoms with E-state index in [0.717, 1.165) is 22.2 Å². The van der Waals surface area contributed by atoms with E-state index in [1.54, 1.807) is 6.07 Å². The van der Waals surface area contributed by atoms with Gasteiger partial charge in [-0.05, 0) is 37.8 Å². The fourth-order valence-corrected chi connectivity index (χ4v) is 4.90. The minimum Gasteiger partial charge on any atom is -0.358 e. The number of amides is 1. The van der Waals surface area contributed by atoms with Crippen LogP contribution in [0.4, 0.5) is 0 Å². The van der Waals surface area contributed by atoms with Crippen LogP contribution in [0, 0.1) is 19.8 Å². The molecular formula is C16H20N2O3S. The van der Waals surface area contributed by atoms with Crippen molar-refractivity contribution in [2.45, 2.75) is 20.3 Å². The van der Waals surface area contributed by atoms with Crippen LogP contribution in [0.15, 0.2) is 18.2 Å². The zero-order chi connectivity index (χ0) is 15.9. The molecule has 2 heterocycles. The van der Waals surface area contributed by atoms with Crippen molar-refractivity contribution in [2.75, 3.05) is 18.1 Å². The number of carbonyl (C=O) groups is 1. The van der Waals surface area contributed by atoms with Crippen molar-refractivity contribution < 1.29 is 13.2 Å². The molecule has 2 N–H and O–H groups in total. The molecule has 1 atom stereocenters. The van der Waals surface area contributed by atoms with Crippen LogP contribution in [0.5, 0.6) is 0 Å². The predicted octanol–water partition coefficient (Wildman–Crippen LogP) is 1.95. The third kappa shape index (κ3) is 2.75. The third-order valence-electron chi connectivity index (χ3n) is 4.47. The van der Waals surface area contributed by atoms with Gasteiger partial charge in [0.15, 0.2) is 9.84 Å². The van der Waals surface area contributed by atoms with Crippen LogP contribution in [-0.2, 0) is 9.84 Å². The highest BCUT2D eigenvalue weighted by Crippen LogP contribution is 2.24. The smallest absolute Gasteiger partial charge is 0.253 e. The van der Waals surface area contributed by atoms with E-state index in [1.807, 2.05) is 26.0 Å². The van der Waals surface area contributed by atoms with E-state index >= 15 is 0 Å². The molecule has 3 rings (SSSR count). The highest BCUT2D eigenvalue weighted by molar-refractivity contribution is 7.91. The summed E-state index contributed by atoms with van der Waals surface area (Å²) in [6.45, 7) is 4.42. The number of carbonyl (C=O) groups excluding carboxylic acids is 1. The van der Waals surface area contributed by atoms with E-state index in [2.05, 4.69) is 10.3 Å². The molecule has 0 aliphatic carbocycles. The van der Waals surface area contributed by atoms with Crippen molar-refractivity contribution in [2.24, 2.45) is 5.92 Å². The number of sulfone groups is 1. The number of para-hydroxylation sites is 1. The molecule has 1 amide bonds. The van der Waals surface area contributed by atoms with Gasteiger partial charge in [0.1, 0.15) is 0 Å². The summed E-state index contributed by atoms with van der Waals surface area (Å²) in [6, 6.07) is 5.66. The van der Waals surface area contributed by atoms with Gasteiger partial charge in [0, 0.05) is 17.6 Å². The lowest BCUT2D eigenvalue weighted by atomic mass is 10.1. The van der Waals surface area contributed by atoms with Crippen LogP contribution < -0.4 is 5.32 Å². The van der Waals surface area contributed by atoms with E-state index in [4.69, 9.17) is 0 Å². The Kier molecular flexibility index (Phi) is 3.72. The number of aryl methyl sites for hydroxylation is 2. The molecule has 6 heteroatoms. The van der Waals surface area contributed by atoms with Crippen LogP contribution in [-0.4, -0.2) is 37.4 Å². The Bertz CT molecular complexity index is 836. The lowest BCUT2D eigenvalue weighted by Gasteiger charge is -2.10. The minimum atomic E-state index is -2.90. The first-order chi connectivity index (χ1) is 10.4. The Hall–Kier alpha value is -1.82. The first kappa shape index (κ1) is 15.1. The van der Waals surface area contributed by atoms with Gasteiger partial charge in [0.25, 0.3) is 5.91 Å². The highest BCUT2D eigenvalue weighted by Gasteiger charge is 2.28. The summed E-state index contributed by atoms with van der Waals surface area (Å²) in [5.41, 5.74) is 3.65. The van der Waals surface area contributed by atoms with E-state index in [1.165, 1.54) is 0 Å². The first-order valence-electron chi connectivity index (χ1n) is 7.44. The lowest BCUT2D eigenvalue weighted by Crippen LogP contribution is -2.30. The maximum absolute atomic E-state index is 12.4. The number of benzene rings is 1. The van der Waals surface area contributed by atoms with E-state index in [-0.39, 0.29) is 23.3 Å². The second-order valence-electron chi connectivity index (χ2n) is 6.08. The Labute approximate surface area is 130 Å². The number of fused-ring (bicyclic) bond motifs is 1. The molecule has 118 valence electrons. The minimum absolute atomic E-state index is 0.0280. The second kappa shape index (κ2) is 5.43. The largest absolute Gasteiger partial charge is 0.358 e. The van der Waals surface area contributed by atoms with Gasteiger partial charge in [-0.25, -0.2) is 8.42 Å². The molecule has 0 saturated carbocycles. The zero-order valence-electron chi connectivity index (χ0n) is 12.8. The van der Waals surface area contributed by atoms with Gasteiger partial charge in [-0.15, -0.1) is 0 Å². The summed E-state index contributed by atoms with van der Waals surface area (Å²) < 4.78 is 22.9. The normalized spacial score (nSPS) is 20.4. The Morgan fingerprint density at radius 1 is 1.36 bits per heavy atom. The summed E-state index contributed by atoms with van der Waals surface area (Å²) in [7, 11) is -2.90. The summed E-state index contributed by atoms with van der Waals surface area (Å²) in [6.07, 6.45) is 0.632. The number of hydrogen-bond acceptors (Lipinski definition) is 3. The number of aromatic nitrogens is 1. The summed E-state index contributed by atoms with van der Waals surface area (Å²) in [5.74, 6) is 0.285. The third-order valence-corrected chi connectivity index (χ3v) is 6.30. The molecule has 1 aromatic heterocycles. The number of aromatic amines is 1. The lowest BCUT2D eigenvalue weighted by molar-refractivity contribution is 0.0950. The van der Waals surface area contributed by atoms with Gasteiger partial charge in [0.2, 0.25) is 0 Å². The summed E-state index contributed by atoms with van der Waals surface area (Å²) >= 11 is 0. The Morgan fingerprint density at radius 2 is 2.14 bits per heavy atom. The number of nitrogens with one attached hydrogen (secondary N) is 2. The molecule has 1 fully saturated rings. The van der Waals surface area contributed by atoms with Crippen LogP contribution in [0.25, 0.3) is 10.9 Å². The quantitative estimate of drug-likeness (QED) is 0.907. The SMILES string of the molecule is Cc1[nH]c2c(C(=O)NC[C@H]3CCS(=O)(=O)C3)cccc2c1C. The standard InChI is InChI=1S/C16H20N2O3S/c1-10-11(2)18-15-13(10)4-3-5-14(15)16(19)17-8-12-6-7-22(20,21)9-12/h3-5,12,18H,6-9H2,1-2H3,(H,17,19)/t12-/m1/s1. The molecule has 0 unspecified atom stereocenters. The Morgan fingerprint density at radius 3 is 2.82 bits per heavy atom. The number of rotatable bonds is 3. The molecule has 22 heavy (non-hydrogen) atoms. The molecule has 5 nitrogen and oxygen atoms in total. The van der Waals surface area contributed by atoms with Crippen LogP contribution in [0.1, 0.15) is 28.0 Å². The van der Waals surface area contributed by atoms with Crippen molar-refractivity contribution in [3.05, 3.63) is 35.0 Å². The van der Waals surface area contributed by atoms with E-state index in [9.17, 15) is 13.2 Å². The van der Waals surface area contributed by atoms with E-state index < -0.39 is 9.84 Å². The predicted molar refractivity (Wildman–Crippen MR) is 86.9 cm³/mol. The zero-order valence-corrected chi connectivity index (χ0v) is 13.6. The monoisotopic (exact) mass is 320 g/mol. The highest BCUT2D eigenvalue weighted by atomic mass is 32.2. The van der Waals surface area contributed by atoms with Crippen LogP contribution in [0.2, 0.25) is 0 Å². The number of H-pyrrole nitrogens is 1. The van der Waals surface area contributed by atoms with Crippen molar-refractivity contribution in [3.8, 4) is 0 Å². The van der Waals surface area contributed by atoms with Crippen molar-refractivity contribution in [1.82, 2.24) is 10.3 Å². The molecule has 0 bridgehead atoms. The molecule has 1 aliphatic heterocycles. The molecule has 0 spiro atoms. The molecule has 0 radical (unpaired) electrons. The van der Waals surface area contributed by atoms with Crippen molar-refractivity contribution in [3.63, 3.8) is 0 Å². The van der Waals surface area contributed by atoms with Gasteiger partial charge >= 0.3 is 0 Å². The topological polar surface area (TPSA) is 79.0 Å².